The second kappa shape index (κ2) is 6.80. The second-order valence-corrected chi connectivity index (χ2v) is 5.85. The molecule has 0 radical (unpaired) electrons. The van der Waals surface area contributed by atoms with Crippen molar-refractivity contribution in [2.45, 2.75) is 26.1 Å². The van der Waals surface area contributed by atoms with Crippen molar-refractivity contribution in [3.05, 3.63) is 40.0 Å². The first-order valence-corrected chi connectivity index (χ1v) is 7.35. The van der Waals surface area contributed by atoms with E-state index in [1.807, 2.05) is 0 Å². The summed E-state index contributed by atoms with van der Waals surface area (Å²) >= 11 is 11.9. The summed E-state index contributed by atoms with van der Waals surface area (Å²) in [6.45, 7) is 3.54. The summed E-state index contributed by atoms with van der Waals surface area (Å²) < 4.78 is 38.9. The van der Waals surface area contributed by atoms with Crippen molar-refractivity contribution in [3.8, 4) is 0 Å². The lowest BCUT2D eigenvalue weighted by atomic mass is 10.3. The highest BCUT2D eigenvalue weighted by molar-refractivity contribution is 6.35. The van der Waals surface area contributed by atoms with Gasteiger partial charge in [-0.3, -0.25) is 0 Å². The molecule has 23 heavy (non-hydrogen) atoms. The number of halogens is 5. The van der Waals surface area contributed by atoms with Gasteiger partial charge in [0.25, 0.3) is 0 Å². The Balaban J connectivity index is 2.42. The number of nitrogens with zero attached hydrogens (tertiary/aromatic N) is 2. The van der Waals surface area contributed by atoms with Gasteiger partial charge in [0, 0.05) is 17.1 Å². The molecule has 1 heterocycles. The van der Waals surface area contributed by atoms with Crippen molar-refractivity contribution in [3.63, 3.8) is 0 Å². The quantitative estimate of drug-likeness (QED) is 0.765. The molecule has 4 nitrogen and oxygen atoms in total. The standard InChI is InChI=1S/C14H13Cl2F3N4/c1-7(2)20-13-22-11(14(17,18)19)6-12(23-13)21-10-5-8(15)3-4-9(10)16/h3-7H,1-2H3,(H2,20,21,22,23). The summed E-state index contributed by atoms with van der Waals surface area (Å²) in [6, 6.07) is 5.28. The van der Waals surface area contributed by atoms with Gasteiger partial charge >= 0.3 is 6.18 Å². The molecule has 0 saturated heterocycles. The van der Waals surface area contributed by atoms with Crippen LogP contribution in [0.15, 0.2) is 24.3 Å². The van der Waals surface area contributed by atoms with E-state index >= 15 is 0 Å². The van der Waals surface area contributed by atoms with Crippen LogP contribution in [0.25, 0.3) is 0 Å². The van der Waals surface area contributed by atoms with Crippen molar-refractivity contribution >= 4 is 40.7 Å². The zero-order valence-electron chi connectivity index (χ0n) is 12.2. The van der Waals surface area contributed by atoms with Gasteiger partial charge in [-0.15, -0.1) is 0 Å². The lowest BCUT2D eigenvalue weighted by Crippen LogP contribution is -2.17. The predicted octanol–water partition coefficient (Wildman–Crippen LogP) is 5.37. The van der Waals surface area contributed by atoms with Crippen LogP contribution < -0.4 is 10.6 Å². The minimum absolute atomic E-state index is 0.0420. The van der Waals surface area contributed by atoms with Gasteiger partial charge in [0.15, 0.2) is 5.69 Å². The monoisotopic (exact) mass is 364 g/mol. The highest BCUT2D eigenvalue weighted by atomic mass is 35.5. The Bertz CT molecular complexity index is 705. The van der Waals surface area contributed by atoms with E-state index in [-0.39, 0.29) is 17.8 Å². The zero-order valence-corrected chi connectivity index (χ0v) is 13.7. The fraction of sp³-hybridized carbons (Fsp3) is 0.286. The number of rotatable bonds is 4. The first-order chi connectivity index (χ1) is 10.6. The molecule has 1 aromatic carbocycles. The Labute approximate surface area is 141 Å². The van der Waals surface area contributed by atoms with Gasteiger partial charge in [-0.05, 0) is 32.0 Å². The molecule has 0 spiro atoms. The Morgan fingerprint density at radius 2 is 1.78 bits per heavy atom. The SMILES string of the molecule is CC(C)Nc1nc(Nc2cc(Cl)ccc2Cl)cc(C(F)(F)F)n1. The third-order valence-corrected chi connectivity index (χ3v) is 3.19. The van der Waals surface area contributed by atoms with Crippen LogP contribution in [0, 0.1) is 0 Å². The normalized spacial score (nSPS) is 11.7. The molecule has 2 N–H and O–H groups in total. The van der Waals surface area contributed by atoms with E-state index in [1.165, 1.54) is 12.1 Å². The van der Waals surface area contributed by atoms with Gasteiger partial charge in [-0.1, -0.05) is 23.2 Å². The van der Waals surface area contributed by atoms with E-state index in [9.17, 15) is 13.2 Å². The molecule has 0 saturated carbocycles. The van der Waals surface area contributed by atoms with Gasteiger partial charge in [0.2, 0.25) is 5.95 Å². The topological polar surface area (TPSA) is 49.8 Å². The lowest BCUT2D eigenvalue weighted by Gasteiger charge is -2.14. The summed E-state index contributed by atoms with van der Waals surface area (Å²) in [5.41, 5.74) is -0.710. The fourth-order valence-corrected chi connectivity index (χ4v) is 2.05. The van der Waals surface area contributed by atoms with E-state index in [1.54, 1.807) is 19.9 Å². The molecule has 1 aromatic heterocycles. The van der Waals surface area contributed by atoms with Gasteiger partial charge in [0.05, 0.1) is 10.7 Å². The molecule has 0 fully saturated rings. The summed E-state index contributed by atoms with van der Waals surface area (Å²) in [5.74, 6) is -0.171. The molecule has 0 bridgehead atoms. The number of benzene rings is 1. The van der Waals surface area contributed by atoms with E-state index in [0.29, 0.717) is 15.7 Å². The highest BCUT2D eigenvalue weighted by Crippen LogP contribution is 2.32. The number of alkyl halides is 3. The molecule has 0 amide bonds. The fourth-order valence-electron chi connectivity index (χ4n) is 1.71. The number of anilines is 3. The van der Waals surface area contributed by atoms with Crippen LogP contribution >= 0.6 is 23.2 Å². The van der Waals surface area contributed by atoms with E-state index in [4.69, 9.17) is 23.2 Å². The Kier molecular flexibility index (Phi) is 5.21. The number of hydrogen-bond donors (Lipinski definition) is 2. The van der Waals surface area contributed by atoms with E-state index in [0.717, 1.165) is 6.07 Å². The van der Waals surface area contributed by atoms with Crippen molar-refractivity contribution in [2.75, 3.05) is 10.6 Å². The molecule has 0 atom stereocenters. The Morgan fingerprint density at radius 1 is 1.09 bits per heavy atom. The number of aromatic nitrogens is 2. The van der Waals surface area contributed by atoms with E-state index in [2.05, 4.69) is 20.6 Å². The first-order valence-electron chi connectivity index (χ1n) is 6.60. The Hall–Kier alpha value is -1.73. The number of nitrogens with one attached hydrogen (secondary N) is 2. The molecular weight excluding hydrogens is 352 g/mol. The van der Waals surface area contributed by atoms with Crippen LogP contribution in [0.1, 0.15) is 19.5 Å². The molecule has 2 aromatic rings. The van der Waals surface area contributed by atoms with Crippen molar-refractivity contribution < 1.29 is 13.2 Å². The maximum atomic E-state index is 13.0. The summed E-state index contributed by atoms with van der Waals surface area (Å²) in [5, 5.41) is 6.18. The van der Waals surface area contributed by atoms with Crippen LogP contribution in [0.2, 0.25) is 10.0 Å². The third-order valence-electron chi connectivity index (χ3n) is 2.63. The van der Waals surface area contributed by atoms with Gasteiger partial charge in [-0.2, -0.15) is 18.2 Å². The summed E-state index contributed by atoms with van der Waals surface area (Å²) in [4.78, 5) is 7.50. The smallest absolute Gasteiger partial charge is 0.352 e. The molecule has 9 heteroatoms. The average molecular weight is 365 g/mol. The van der Waals surface area contributed by atoms with Crippen molar-refractivity contribution in [1.29, 1.82) is 0 Å². The van der Waals surface area contributed by atoms with Crippen LogP contribution in [-0.4, -0.2) is 16.0 Å². The number of hydrogen-bond acceptors (Lipinski definition) is 4. The lowest BCUT2D eigenvalue weighted by molar-refractivity contribution is -0.141. The zero-order chi connectivity index (χ0) is 17.2. The predicted molar refractivity (Wildman–Crippen MR) is 85.5 cm³/mol. The maximum Gasteiger partial charge on any atom is 0.433 e. The minimum Gasteiger partial charge on any atom is -0.352 e. The van der Waals surface area contributed by atoms with Crippen LogP contribution in [0.4, 0.5) is 30.6 Å². The molecule has 124 valence electrons. The minimum atomic E-state index is -4.59. The van der Waals surface area contributed by atoms with Gasteiger partial charge < -0.3 is 10.6 Å². The van der Waals surface area contributed by atoms with Gasteiger partial charge in [-0.25, -0.2) is 4.98 Å². The maximum absolute atomic E-state index is 13.0. The van der Waals surface area contributed by atoms with Gasteiger partial charge in [0.1, 0.15) is 5.82 Å². The molecule has 2 rings (SSSR count). The molecule has 0 aliphatic carbocycles. The largest absolute Gasteiger partial charge is 0.433 e. The van der Waals surface area contributed by atoms with Crippen LogP contribution in [-0.2, 0) is 6.18 Å². The molecule has 0 unspecified atom stereocenters. The highest BCUT2D eigenvalue weighted by Gasteiger charge is 2.33. The van der Waals surface area contributed by atoms with Crippen LogP contribution in [0.3, 0.4) is 0 Å². The first kappa shape index (κ1) is 17.6. The summed E-state index contributed by atoms with van der Waals surface area (Å²) in [6.07, 6.45) is -4.59. The Morgan fingerprint density at radius 3 is 2.39 bits per heavy atom. The molecule has 0 aliphatic heterocycles. The summed E-state index contributed by atoms with van der Waals surface area (Å²) in [7, 11) is 0. The molecular formula is C14H13Cl2F3N4. The molecule has 0 aliphatic rings. The van der Waals surface area contributed by atoms with Crippen LogP contribution in [0.5, 0.6) is 0 Å². The average Bonchev–Trinajstić information content (AvgIpc) is 2.41. The van der Waals surface area contributed by atoms with Crippen molar-refractivity contribution in [1.82, 2.24) is 9.97 Å². The third kappa shape index (κ3) is 4.87. The van der Waals surface area contributed by atoms with Crippen molar-refractivity contribution in [2.24, 2.45) is 0 Å². The second-order valence-electron chi connectivity index (χ2n) is 5.01. The van der Waals surface area contributed by atoms with E-state index < -0.39 is 11.9 Å².